The lowest BCUT2D eigenvalue weighted by Crippen LogP contribution is -2.33. The third-order valence-electron chi connectivity index (χ3n) is 3.36. The molecule has 0 spiro atoms. The molecule has 1 fully saturated rings. The smallest absolute Gasteiger partial charge is 0.0399 e. The molecule has 0 aromatic carbocycles. The molecule has 0 amide bonds. The highest BCUT2D eigenvalue weighted by Crippen LogP contribution is 2.32. The van der Waals surface area contributed by atoms with Crippen molar-refractivity contribution >= 4 is 27.3 Å². The molecule has 0 bridgehead atoms. The van der Waals surface area contributed by atoms with Gasteiger partial charge >= 0.3 is 0 Å². The molecule has 1 N–H and O–H groups in total. The van der Waals surface area contributed by atoms with Gasteiger partial charge in [0.1, 0.15) is 0 Å². The molecule has 15 heavy (non-hydrogen) atoms. The zero-order chi connectivity index (χ0) is 10.8. The SMILES string of the molecule is CC(NC1CCCC1C)c1sccc1Br. The average molecular weight is 288 g/mol. The average Bonchev–Trinajstić information content (AvgIpc) is 2.76. The predicted molar refractivity (Wildman–Crippen MR) is 70.4 cm³/mol. The zero-order valence-electron chi connectivity index (χ0n) is 9.29. The van der Waals surface area contributed by atoms with E-state index < -0.39 is 0 Å². The number of thiophene rings is 1. The second-order valence-corrected chi connectivity index (χ2v) is 6.34. The largest absolute Gasteiger partial charge is 0.306 e. The summed E-state index contributed by atoms with van der Waals surface area (Å²) in [6.45, 7) is 4.63. The van der Waals surface area contributed by atoms with E-state index in [1.54, 1.807) is 0 Å². The molecule has 84 valence electrons. The Morgan fingerprint density at radius 1 is 1.53 bits per heavy atom. The third-order valence-corrected chi connectivity index (χ3v) is 5.42. The van der Waals surface area contributed by atoms with E-state index in [1.165, 1.54) is 28.6 Å². The first kappa shape index (κ1) is 11.6. The van der Waals surface area contributed by atoms with Crippen LogP contribution < -0.4 is 5.32 Å². The fraction of sp³-hybridized carbons (Fsp3) is 0.667. The Balaban J connectivity index is 1.97. The Morgan fingerprint density at radius 2 is 2.33 bits per heavy atom. The van der Waals surface area contributed by atoms with Crippen LogP contribution in [0.1, 0.15) is 44.0 Å². The summed E-state index contributed by atoms with van der Waals surface area (Å²) >= 11 is 5.43. The van der Waals surface area contributed by atoms with E-state index >= 15 is 0 Å². The molecule has 3 atom stereocenters. The highest BCUT2D eigenvalue weighted by atomic mass is 79.9. The molecule has 1 aliphatic carbocycles. The Labute approximate surface area is 104 Å². The van der Waals surface area contributed by atoms with E-state index in [2.05, 4.69) is 46.5 Å². The lowest BCUT2D eigenvalue weighted by Gasteiger charge is -2.22. The molecule has 0 saturated heterocycles. The lowest BCUT2D eigenvalue weighted by molar-refractivity contribution is 0.390. The van der Waals surface area contributed by atoms with E-state index in [0.29, 0.717) is 12.1 Å². The molecule has 1 saturated carbocycles. The highest BCUT2D eigenvalue weighted by Gasteiger charge is 2.25. The Bertz CT molecular complexity index is 323. The minimum atomic E-state index is 0.477. The van der Waals surface area contributed by atoms with Crippen LogP contribution in [-0.2, 0) is 0 Å². The van der Waals surface area contributed by atoms with Gasteiger partial charge in [0, 0.05) is 21.4 Å². The van der Waals surface area contributed by atoms with E-state index in [9.17, 15) is 0 Å². The summed E-state index contributed by atoms with van der Waals surface area (Å²) in [7, 11) is 0. The van der Waals surface area contributed by atoms with Crippen LogP contribution in [0, 0.1) is 5.92 Å². The summed E-state index contributed by atoms with van der Waals surface area (Å²) in [6.07, 6.45) is 4.11. The van der Waals surface area contributed by atoms with Crippen molar-refractivity contribution in [3.8, 4) is 0 Å². The van der Waals surface area contributed by atoms with Crippen LogP contribution in [-0.4, -0.2) is 6.04 Å². The summed E-state index contributed by atoms with van der Waals surface area (Å²) in [5, 5.41) is 5.90. The number of rotatable bonds is 3. The van der Waals surface area contributed by atoms with Crippen molar-refractivity contribution in [1.82, 2.24) is 5.32 Å². The molecular weight excluding hydrogens is 270 g/mol. The lowest BCUT2D eigenvalue weighted by atomic mass is 10.1. The third kappa shape index (κ3) is 2.63. The minimum absolute atomic E-state index is 0.477. The quantitative estimate of drug-likeness (QED) is 0.872. The van der Waals surface area contributed by atoms with E-state index in [-0.39, 0.29) is 0 Å². The maximum atomic E-state index is 3.75. The maximum Gasteiger partial charge on any atom is 0.0399 e. The van der Waals surface area contributed by atoms with Gasteiger partial charge in [-0.05, 0) is 53.1 Å². The molecular formula is C12H18BrNS. The maximum absolute atomic E-state index is 3.75. The highest BCUT2D eigenvalue weighted by molar-refractivity contribution is 9.10. The second-order valence-electron chi connectivity index (χ2n) is 4.54. The van der Waals surface area contributed by atoms with Crippen molar-refractivity contribution in [2.75, 3.05) is 0 Å². The number of nitrogens with one attached hydrogen (secondary N) is 1. The first-order chi connectivity index (χ1) is 7.18. The van der Waals surface area contributed by atoms with E-state index in [1.807, 2.05) is 11.3 Å². The molecule has 0 radical (unpaired) electrons. The van der Waals surface area contributed by atoms with Gasteiger partial charge in [0.2, 0.25) is 0 Å². The van der Waals surface area contributed by atoms with Gasteiger partial charge in [-0.1, -0.05) is 13.3 Å². The first-order valence-corrected chi connectivity index (χ1v) is 7.34. The van der Waals surface area contributed by atoms with Gasteiger partial charge in [-0.15, -0.1) is 11.3 Å². The van der Waals surface area contributed by atoms with Gasteiger partial charge < -0.3 is 5.32 Å². The van der Waals surface area contributed by atoms with Gasteiger partial charge in [0.05, 0.1) is 0 Å². The Hall–Kier alpha value is 0.140. The second kappa shape index (κ2) is 4.98. The summed E-state index contributed by atoms with van der Waals surface area (Å²) in [6, 6.07) is 3.33. The van der Waals surface area contributed by atoms with Crippen molar-refractivity contribution in [1.29, 1.82) is 0 Å². The van der Waals surface area contributed by atoms with Crippen LogP contribution in [0.25, 0.3) is 0 Å². The molecule has 1 heterocycles. The predicted octanol–water partition coefficient (Wildman–Crippen LogP) is 4.35. The fourth-order valence-electron chi connectivity index (χ4n) is 2.40. The fourth-order valence-corrected chi connectivity index (χ4v) is 4.14. The van der Waals surface area contributed by atoms with Crippen LogP contribution in [0.3, 0.4) is 0 Å². The van der Waals surface area contributed by atoms with Crippen LogP contribution in [0.15, 0.2) is 15.9 Å². The van der Waals surface area contributed by atoms with Gasteiger partial charge in [-0.2, -0.15) is 0 Å². The normalized spacial score (nSPS) is 28.2. The van der Waals surface area contributed by atoms with Crippen LogP contribution in [0.5, 0.6) is 0 Å². The van der Waals surface area contributed by atoms with Crippen LogP contribution >= 0.6 is 27.3 Å². The first-order valence-electron chi connectivity index (χ1n) is 5.67. The van der Waals surface area contributed by atoms with Crippen molar-refractivity contribution in [3.05, 3.63) is 20.8 Å². The molecule has 1 aromatic rings. The van der Waals surface area contributed by atoms with Crippen molar-refractivity contribution in [2.24, 2.45) is 5.92 Å². The summed E-state index contributed by atoms with van der Waals surface area (Å²) in [5.41, 5.74) is 0. The molecule has 2 rings (SSSR count). The minimum Gasteiger partial charge on any atom is -0.306 e. The van der Waals surface area contributed by atoms with Crippen molar-refractivity contribution < 1.29 is 0 Å². The molecule has 3 unspecified atom stereocenters. The molecule has 0 aliphatic heterocycles. The zero-order valence-corrected chi connectivity index (χ0v) is 11.7. The van der Waals surface area contributed by atoms with Crippen LogP contribution in [0.4, 0.5) is 0 Å². The Morgan fingerprint density at radius 3 is 2.87 bits per heavy atom. The van der Waals surface area contributed by atoms with Crippen molar-refractivity contribution in [3.63, 3.8) is 0 Å². The molecule has 3 heteroatoms. The molecule has 1 aromatic heterocycles. The Kier molecular flexibility index (Phi) is 3.86. The standard InChI is InChI=1S/C12H18BrNS/c1-8-4-3-5-11(8)14-9(2)12-10(13)6-7-15-12/h6-9,11,14H,3-5H2,1-2H3. The number of hydrogen-bond donors (Lipinski definition) is 1. The van der Waals surface area contributed by atoms with Gasteiger partial charge in [0.25, 0.3) is 0 Å². The van der Waals surface area contributed by atoms with Crippen molar-refractivity contribution in [2.45, 2.75) is 45.2 Å². The number of halogens is 1. The monoisotopic (exact) mass is 287 g/mol. The summed E-state index contributed by atoms with van der Waals surface area (Å²) in [5.74, 6) is 0.839. The van der Waals surface area contributed by atoms with Gasteiger partial charge in [0.15, 0.2) is 0 Å². The summed E-state index contributed by atoms with van der Waals surface area (Å²) < 4.78 is 1.25. The van der Waals surface area contributed by atoms with Gasteiger partial charge in [-0.25, -0.2) is 0 Å². The van der Waals surface area contributed by atoms with E-state index in [0.717, 1.165) is 5.92 Å². The van der Waals surface area contributed by atoms with Crippen LogP contribution in [0.2, 0.25) is 0 Å². The van der Waals surface area contributed by atoms with Gasteiger partial charge in [-0.3, -0.25) is 0 Å². The molecule has 1 nitrogen and oxygen atoms in total. The topological polar surface area (TPSA) is 12.0 Å². The van der Waals surface area contributed by atoms with E-state index in [4.69, 9.17) is 0 Å². The number of hydrogen-bond acceptors (Lipinski definition) is 2. The summed E-state index contributed by atoms with van der Waals surface area (Å²) in [4.78, 5) is 1.43. The molecule has 1 aliphatic rings.